The summed E-state index contributed by atoms with van der Waals surface area (Å²) in [4.78, 5) is 16.3. The molecule has 1 atom stereocenters. The number of aromatic nitrogens is 2. The van der Waals surface area contributed by atoms with E-state index in [1.165, 1.54) is 19.1 Å². The monoisotopic (exact) mass is 341 g/mol. The molecule has 0 saturated heterocycles. The van der Waals surface area contributed by atoms with Crippen molar-refractivity contribution < 1.29 is 18.4 Å². The molecule has 0 aliphatic rings. The number of ether oxygens (including phenoxy) is 1. The minimum atomic E-state index is -0.933. The number of anilines is 1. The molecular weight excluding hydrogens is 325 g/mol. The standard InChI is InChI=1S/C18H16FN3O3/c1-11-7-3-4-8-13(11)17-21-18(22-25-17)20-16(23)12(2)24-15-10-6-5-9-14(15)19/h3-10,12H,1-2H3,(H,20,22,23)/t12-/m1/s1. The van der Waals surface area contributed by atoms with Crippen LogP contribution < -0.4 is 10.1 Å². The molecule has 1 N–H and O–H groups in total. The van der Waals surface area contributed by atoms with Crippen LogP contribution in [0.5, 0.6) is 5.75 Å². The number of rotatable bonds is 5. The van der Waals surface area contributed by atoms with Crippen LogP contribution in [0.3, 0.4) is 0 Å². The van der Waals surface area contributed by atoms with Gasteiger partial charge in [-0.2, -0.15) is 4.98 Å². The van der Waals surface area contributed by atoms with Crippen LogP contribution in [0.1, 0.15) is 12.5 Å². The predicted molar refractivity (Wildman–Crippen MR) is 89.6 cm³/mol. The van der Waals surface area contributed by atoms with Crippen molar-refractivity contribution in [3.05, 3.63) is 59.9 Å². The van der Waals surface area contributed by atoms with Crippen LogP contribution in [0.15, 0.2) is 53.1 Å². The van der Waals surface area contributed by atoms with Gasteiger partial charge in [0.2, 0.25) is 0 Å². The first-order valence-electron chi connectivity index (χ1n) is 7.66. The van der Waals surface area contributed by atoms with E-state index in [2.05, 4.69) is 15.5 Å². The van der Waals surface area contributed by atoms with Gasteiger partial charge in [-0.05, 0) is 42.8 Å². The summed E-state index contributed by atoms with van der Waals surface area (Å²) >= 11 is 0. The molecule has 0 radical (unpaired) electrons. The smallest absolute Gasteiger partial charge is 0.270 e. The number of aryl methyl sites for hydroxylation is 1. The third-order valence-corrected chi connectivity index (χ3v) is 3.55. The summed E-state index contributed by atoms with van der Waals surface area (Å²) in [5, 5.41) is 6.22. The molecule has 0 aliphatic carbocycles. The number of hydrogen-bond donors (Lipinski definition) is 1. The van der Waals surface area contributed by atoms with Gasteiger partial charge in [-0.3, -0.25) is 10.1 Å². The Balaban J connectivity index is 1.67. The van der Waals surface area contributed by atoms with Gasteiger partial charge in [0.05, 0.1) is 0 Å². The molecule has 3 aromatic rings. The van der Waals surface area contributed by atoms with Crippen molar-refractivity contribution in [1.29, 1.82) is 0 Å². The normalized spacial score (nSPS) is 11.8. The van der Waals surface area contributed by atoms with Crippen LogP contribution in [0.25, 0.3) is 11.5 Å². The van der Waals surface area contributed by atoms with Crippen LogP contribution in [0.4, 0.5) is 10.3 Å². The zero-order valence-electron chi connectivity index (χ0n) is 13.7. The quantitative estimate of drug-likeness (QED) is 0.767. The summed E-state index contributed by atoms with van der Waals surface area (Å²) in [5.41, 5.74) is 1.76. The van der Waals surface area contributed by atoms with Crippen LogP contribution >= 0.6 is 0 Å². The molecule has 2 aromatic carbocycles. The number of nitrogens with zero attached hydrogens (tertiary/aromatic N) is 2. The third-order valence-electron chi connectivity index (χ3n) is 3.55. The van der Waals surface area contributed by atoms with Crippen LogP contribution in [0, 0.1) is 12.7 Å². The highest BCUT2D eigenvalue weighted by Crippen LogP contribution is 2.22. The lowest BCUT2D eigenvalue weighted by molar-refractivity contribution is -0.122. The lowest BCUT2D eigenvalue weighted by atomic mass is 10.1. The summed E-state index contributed by atoms with van der Waals surface area (Å²) in [6.07, 6.45) is -0.933. The van der Waals surface area contributed by atoms with Crippen LogP contribution in [-0.4, -0.2) is 22.2 Å². The van der Waals surface area contributed by atoms with Gasteiger partial charge >= 0.3 is 0 Å². The predicted octanol–water partition coefficient (Wildman–Crippen LogP) is 3.59. The molecule has 6 nitrogen and oxygen atoms in total. The second-order valence-corrected chi connectivity index (χ2v) is 5.42. The van der Waals surface area contributed by atoms with Crippen LogP contribution in [0.2, 0.25) is 0 Å². The number of benzene rings is 2. The first-order valence-corrected chi connectivity index (χ1v) is 7.66. The van der Waals surface area contributed by atoms with Gasteiger partial charge < -0.3 is 9.26 Å². The molecule has 128 valence electrons. The van der Waals surface area contributed by atoms with Crippen molar-refractivity contribution in [2.45, 2.75) is 20.0 Å². The van der Waals surface area contributed by atoms with Crippen molar-refractivity contribution in [2.24, 2.45) is 0 Å². The first kappa shape index (κ1) is 16.6. The van der Waals surface area contributed by atoms with Crippen molar-refractivity contribution in [3.8, 4) is 17.2 Å². The molecule has 0 saturated carbocycles. The fraction of sp³-hybridized carbons (Fsp3) is 0.167. The summed E-state index contributed by atoms with van der Waals surface area (Å²) in [5.74, 6) is -0.730. The minimum Gasteiger partial charge on any atom is -0.478 e. The van der Waals surface area contributed by atoms with Gasteiger partial charge in [0.15, 0.2) is 17.7 Å². The SMILES string of the molecule is Cc1ccccc1-c1nc(NC(=O)[C@@H](C)Oc2ccccc2F)no1. The van der Waals surface area contributed by atoms with Gasteiger partial charge in [0.1, 0.15) is 0 Å². The molecule has 1 aromatic heterocycles. The summed E-state index contributed by atoms with van der Waals surface area (Å²) in [6, 6.07) is 13.4. The highest BCUT2D eigenvalue weighted by molar-refractivity contribution is 5.92. The lowest BCUT2D eigenvalue weighted by Crippen LogP contribution is -2.30. The largest absolute Gasteiger partial charge is 0.478 e. The Hall–Kier alpha value is -3.22. The van der Waals surface area contributed by atoms with E-state index in [0.717, 1.165) is 11.1 Å². The molecular formula is C18H16FN3O3. The fourth-order valence-electron chi connectivity index (χ4n) is 2.19. The average molecular weight is 341 g/mol. The number of amides is 1. The molecule has 0 aliphatic heterocycles. The molecule has 0 spiro atoms. The molecule has 7 heteroatoms. The van der Waals surface area contributed by atoms with Gasteiger partial charge in [-0.15, -0.1) is 0 Å². The summed E-state index contributed by atoms with van der Waals surface area (Å²) < 4.78 is 24.1. The zero-order chi connectivity index (χ0) is 17.8. The summed E-state index contributed by atoms with van der Waals surface area (Å²) in [7, 11) is 0. The molecule has 3 rings (SSSR count). The van der Waals surface area contributed by atoms with E-state index in [0.29, 0.717) is 5.89 Å². The number of carbonyl (C=O) groups is 1. The van der Waals surface area contributed by atoms with Gasteiger partial charge in [0, 0.05) is 5.56 Å². The van der Waals surface area contributed by atoms with E-state index >= 15 is 0 Å². The maximum Gasteiger partial charge on any atom is 0.270 e. The third kappa shape index (κ3) is 3.82. The molecule has 1 amide bonds. The summed E-state index contributed by atoms with van der Waals surface area (Å²) in [6.45, 7) is 3.42. The van der Waals surface area contributed by atoms with Crippen molar-refractivity contribution in [2.75, 3.05) is 5.32 Å². The molecule has 0 fully saturated rings. The maximum absolute atomic E-state index is 13.6. The Labute approximate surface area is 143 Å². The van der Waals surface area contributed by atoms with E-state index in [1.54, 1.807) is 12.1 Å². The number of halogens is 1. The van der Waals surface area contributed by atoms with E-state index in [-0.39, 0.29) is 11.7 Å². The number of carbonyl (C=O) groups excluding carboxylic acids is 1. The lowest BCUT2D eigenvalue weighted by Gasteiger charge is -2.13. The zero-order valence-corrected chi connectivity index (χ0v) is 13.7. The van der Waals surface area contributed by atoms with Crippen molar-refractivity contribution in [1.82, 2.24) is 10.1 Å². The van der Waals surface area contributed by atoms with Crippen LogP contribution in [-0.2, 0) is 4.79 Å². The molecule has 25 heavy (non-hydrogen) atoms. The maximum atomic E-state index is 13.6. The number of nitrogens with one attached hydrogen (secondary N) is 1. The Kier molecular flexibility index (Phi) is 4.74. The highest BCUT2D eigenvalue weighted by Gasteiger charge is 2.19. The number of para-hydroxylation sites is 1. The molecule has 0 bridgehead atoms. The van der Waals surface area contributed by atoms with E-state index in [1.807, 2.05) is 31.2 Å². The minimum absolute atomic E-state index is 0.00105. The average Bonchev–Trinajstić information content (AvgIpc) is 3.05. The molecule has 0 unspecified atom stereocenters. The van der Waals surface area contributed by atoms with E-state index in [4.69, 9.17) is 9.26 Å². The highest BCUT2D eigenvalue weighted by atomic mass is 19.1. The van der Waals surface area contributed by atoms with Gasteiger partial charge in [0.25, 0.3) is 17.7 Å². The molecule has 1 heterocycles. The number of hydrogen-bond acceptors (Lipinski definition) is 5. The second-order valence-electron chi connectivity index (χ2n) is 5.42. The van der Waals surface area contributed by atoms with Crippen molar-refractivity contribution in [3.63, 3.8) is 0 Å². The second kappa shape index (κ2) is 7.12. The Morgan fingerprint density at radius 3 is 2.68 bits per heavy atom. The Morgan fingerprint density at radius 1 is 1.20 bits per heavy atom. The Morgan fingerprint density at radius 2 is 1.92 bits per heavy atom. The Bertz CT molecular complexity index is 895. The van der Waals surface area contributed by atoms with Crippen molar-refractivity contribution >= 4 is 11.9 Å². The first-order chi connectivity index (χ1) is 12.0. The van der Waals surface area contributed by atoms with E-state index < -0.39 is 17.8 Å². The van der Waals surface area contributed by atoms with Gasteiger partial charge in [-0.1, -0.05) is 30.3 Å². The van der Waals surface area contributed by atoms with E-state index in [9.17, 15) is 9.18 Å². The fourth-order valence-corrected chi connectivity index (χ4v) is 2.19. The van der Waals surface area contributed by atoms with Gasteiger partial charge in [-0.25, -0.2) is 4.39 Å². The topological polar surface area (TPSA) is 77.2 Å².